The highest BCUT2D eigenvalue weighted by Crippen LogP contribution is 2.28. The highest BCUT2D eigenvalue weighted by Gasteiger charge is 2.33. The third-order valence-electron chi connectivity index (χ3n) is 6.59. The summed E-state index contributed by atoms with van der Waals surface area (Å²) in [6, 6.07) is 5.10. The molecule has 7 nitrogen and oxygen atoms in total. The molecular weight excluding hydrogens is 422 g/mol. The van der Waals surface area contributed by atoms with Gasteiger partial charge in [-0.2, -0.15) is 4.31 Å². The van der Waals surface area contributed by atoms with Crippen molar-refractivity contribution >= 4 is 37.5 Å². The van der Waals surface area contributed by atoms with Gasteiger partial charge >= 0.3 is 4.87 Å². The predicted molar refractivity (Wildman–Crippen MR) is 118 cm³/mol. The molecule has 4 rings (SSSR count). The molecule has 2 aromatic rings. The molecule has 1 amide bonds. The van der Waals surface area contributed by atoms with E-state index in [1.54, 1.807) is 25.2 Å². The Kier molecular flexibility index (Phi) is 6.05. The van der Waals surface area contributed by atoms with Crippen LogP contribution in [0.2, 0.25) is 0 Å². The normalized spacial score (nSPS) is 24.2. The summed E-state index contributed by atoms with van der Waals surface area (Å²) in [4.78, 5) is 24.6. The Morgan fingerprint density at radius 3 is 2.43 bits per heavy atom. The number of aromatic nitrogens is 1. The van der Waals surface area contributed by atoms with E-state index >= 15 is 0 Å². The molecule has 1 N–H and O–H groups in total. The lowest BCUT2D eigenvalue weighted by Gasteiger charge is -2.33. The summed E-state index contributed by atoms with van der Waals surface area (Å²) in [5, 5.41) is 3.18. The summed E-state index contributed by atoms with van der Waals surface area (Å²) in [6.07, 6.45) is 5.46. The van der Waals surface area contributed by atoms with Crippen LogP contribution in [0.25, 0.3) is 10.2 Å². The Hall–Kier alpha value is -1.71. The van der Waals surface area contributed by atoms with Crippen molar-refractivity contribution in [3.63, 3.8) is 0 Å². The van der Waals surface area contributed by atoms with Crippen molar-refractivity contribution in [3.8, 4) is 0 Å². The number of hydrogen-bond acceptors (Lipinski definition) is 5. The minimum atomic E-state index is -3.64. The van der Waals surface area contributed by atoms with Gasteiger partial charge in [-0.15, -0.1) is 0 Å². The molecule has 1 aliphatic carbocycles. The van der Waals surface area contributed by atoms with Crippen LogP contribution in [0.4, 0.5) is 0 Å². The van der Waals surface area contributed by atoms with E-state index < -0.39 is 10.0 Å². The molecule has 1 aliphatic heterocycles. The standard InChI is InChI=1S/C21H29N3O4S2/c1-14-3-5-16(6-4-14)22-20(25)15-9-11-24(12-10-15)30(27,28)17-7-8-18-19(13-17)29-21(26)23(18)2/h7-8,13-16H,3-6,9-12H2,1-2H3,(H,22,25). The fourth-order valence-electron chi connectivity index (χ4n) is 4.51. The third kappa shape index (κ3) is 4.20. The number of nitrogens with one attached hydrogen (secondary N) is 1. The van der Waals surface area contributed by atoms with E-state index in [0.29, 0.717) is 30.6 Å². The van der Waals surface area contributed by atoms with Crippen LogP contribution in [0.1, 0.15) is 45.4 Å². The molecule has 164 valence electrons. The first-order chi connectivity index (χ1) is 14.3. The van der Waals surface area contributed by atoms with E-state index in [1.165, 1.54) is 8.87 Å². The zero-order valence-electron chi connectivity index (χ0n) is 17.5. The molecule has 0 bridgehead atoms. The second-order valence-corrected chi connectivity index (χ2v) is 11.6. The first kappa shape index (κ1) is 21.5. The SMILES string of the molecule is CC1CCC(NC(=O)C2CCN(S(=O)(=O)c3ccc4c(c3)sc(=O)n4C)CC2)CC1. The Morgan fingerprint density at radius 1 is 1.10 bits per heavy atom. The fraction of sp³-hybridized carbons (Fsp3) is 0.619. The Balaban J connectivity index is 1.39. The highest BCUT2D eigenvalue weighted by molar-refractivity contribution is 7.89. The van der Waals surface area contributed by atoms with Crippen molar-refractivity contribution in [1.82, 2.24) is 14.2 Å². The van der Waals surface area contributed by atoms with Crippen LogP contribution < -0.4 is 10.2 Å². The summed E-state index contributed by atoms with van der Waals surface area (Å²) in [7, 11) is -1.96. The summed E-state index contributed by atoms with van der Waals surface area (Å²) >= 11 is 1.05. The third-order valence-corrected chi connectivity index (χ3v) is 9.48. The van der Waals surface area contributed by atoms with Gasteiger partial charge in [-0.05, 0) is 62.6 Å². The number of nitrogens with zero attached hydrogens (tertiary/aromatic N) is 2. The first-order valence-electron chi connectivity index (χ1n) is 10.7. The van der Waals surface area contributed by atoms with E-state index in [2.05, 4.69) is 12.2 Å². The minimum absolute atomic E-state index is 0.0714. The topological polar surface area (TPSA) is 88.5 Å². The van der Waals surface area contributed by atoms with Crippen LogP contribution in [0.15, 0.2) is 27.9 Å². The van der Waals surface area contributed by atoms with Crippen LogP contribution >= 0.6 is 11.3 Å². The molecule has 2 fully saturated rings. The van der Waals surface area contributed by atoms with Gasteiger partial charge < -0.3 is 9.88 Å². The van der Waals surface area contributed by atoms with Crippen molar-refractivity contribution in [2.24, 2.45) is 18.9 Å². The van der Waals surface area contributed by atoms with Gasteiger partial charge in [-0.1, -0.05) is 18.3 Å². The van der Waals surface area contributed by atoms with E-state index in [9.17, 15) is 18.0 Å². The van der Waals surface area contributed by atoms with Gasteiger partial charge in [0.15, 0.2) is 0 Å². The molecule has 30 heavy (non-hydrogen) atoms. The number of rotatable bonds is 4. The molecule has 1 saturated carbocycles. The molecule has 0 radical (unpaired) electrons. The van der Waals surface area contributed by atoms with Crippen molar-refractivity contribution < 1.29 is 13.2 Å². The first-order valence-corrected chi connectivity index (χ1v) is 12.9. The van der Waals surface area contributed by atoms with Gasteiger partial charge in [0.25, 0.3) is 0 Å². The fourth-order valence-corrected chi connectivity index (χ4v) is 7.00. The average molecular weight is 452 g/mol. The number of sulfonamides is 1. The number of carbonyl (C=O) groups is 1. The van der Waals surface area contributed by atoms with Gasteiger partial charge in [0, 0.05) is 32.1 Å². The second kappa shape index (κ2) is 8.43. The Bertz CT molecular complexity index is 1090. The number of amides is 1. The smallest absolute Gasteiger partial charge is 0.307 e. The number of thiazole rings is 1. The van der Waals surface area contributed by atoms with E-state index in [-0.39, 0.29) is 27.6 Å². The van der Waals surface area contributed by atoms with Crippen LogP contribution in [-0.4, -0.2) is 42.3 Å². The largest absolute Gasteiger partial charge is 0.353 e. The molecule has 2 aliphatic rings. The maximum Gasteiger partial charge on any atom is 0.307 e. The van der Waals surface area contributed by atoms with Crippen molar-refractivity contribution in [3.05, 3.63) is 27.9 Å². The predicted octanol–water partition coefficient (Wildman–Crippen LogP) is 2.70. The molecule has 1 aromatic carbocycles. The van der Waals surface area contributed by atoms with Crippen molar-refractivity contribution in [2.45, 2.75) is 56.4 Å². The Labute approximate surface area is 181 Å². The molecule has 1 saturated heterocycles. The quantitative estimate of drug-likeness (QED) is 0.774. The molecule has 0 unspecified atom stereocenters. The van der Waals surface area contributed by atoms with Crippen molar-refractivity contribution in [2.75, 3.05) is 13.1 Å². The molecule has 1 aromatic heterocycles. The van der Waals surface area contributed by atoms with Crippen LogP contribution in [-0.2, 0) is 21.9 Å². The number of carbonyl (C=O) groups excluding carboxylic acids is 1. The number of benzene rings is 1. The minimum Gasteiger partial charge on any atom is -0.353 e. The molecule has 2 heterocycles. The number of aryl methyl sites for hydroxylation is 1. The zero-order valence-corrected chi connectivity index (χ0v) is 19.1. The summed E-state index contributed by atoms with van der Waals surface area (Å²) in [6.45, 7) is 2.93. The van der Waals surface area contributed by atoms with E-state index in [1.807, 2.05) is 0 Å². The second-order valence-electron chi connectivity index (χ2n) is 8.70. The van der Waals surface area contributed by atoms with Gasteiger partial charge in [0.2, 0.25) is 15.9 Å². The number of piperidine rings is 1. The van der Waals surface area contributed by atoms with E-state index in [0.717, 1.165) is 48.5 Å². The molecule has 0 atom stereocenters. The monoisotopic (exact) mass is 451 g/mol. The van der Waals surface area contributed by atoms with Crippen LogP contribution in [0.5, 0.6) is 0 Å². The van der Waals surface area contributed by atoms with Crippen LogP contribution in [0.3, 0.4) is 0 Å². The summed E-state index contributed by atoms with van der Waals surface area (Å²) < 4.78 is 29.8. The lowest BCUT2D eigenvalue weighted by Crippen LogP contribution is -2.46. The summed E-state index contributed by atoms with van der Waals surface area (Å²) in [5.74, 6) is 0.683. The Morgan fingerprint density at radius 2 is 1.77 bits per heavy atom. The lowest BCUT2D eigenvalue weighted by atomic mass is 9.87. The highest BCUT2D eigenvalue weighted by atomic mass is 32.2. The molecule has 0 spiro atoms. The van der Waals surface area contributed by atoms with Crippen molar-refractivity contribution in [1.29, 1.82) is 0 Å². The van der Waals surface area contributed by atoms with Crippen LogP contribution in [0, 0.1) is 11.8 Å². The van der Waals surface area contributed by atoms with Gasteiger partial charge in [-0.25, -0.2) is 8.42 Å². The lowest BCUT2D eigenvalue weighted by molar-refractivity contribution is -0.127. The van der Waals surface area contributed by atoms with Gasteiger partial charge in [0.1, 0.15) is 0 Å². The average Bonchev–Trinajstić information content (AvgIpc) is 3.03. The van der Waals surface area contributed by atoms with Gasteiger partial charge in [0.05, 0.1) is 15.1 Å². The zero-order chi connectivity index (χ0) is 21.5. The molecular formula is C21H29N3O4S2. The number of fused-ring (bicyclic) bond motifs is 1. The maximum atomic E-state index is 13.1. The number of hydrogen-bond donors (Lipinski definition) is 1. The van der Waals surface area contributed by atoms with Gasteiger partial charge in [-0.3, -0.25) is 9.59 Å². The summed E-state index contributed by atoms with van der Waals surface area (Å²) in [5.41, 5.74) is 0.733. The maximum absolute atomic E-state index is 13.1. The molecule has 9 heteroatoms. The van der Waals surface area contributed by atoms with E-state index in [4.69, 9.17) is 0 Å².